The van der Waals surface area contributed by atoms with Gasteiger partial charge in [0.25, 0.3) is 0 Å². The van der Waals surface area contributed by atoms with Crippen molar-refractivity contribution < 1.29 is 14.7 Å². The summed E-state index contributed by atoms with van der Waals surface area (Å²) in [6.07, 6.45) is 0. The molecular formula is C12H22N2O3. The third-order valence-electron chi connectivity index (χ3n) is 3.05. The molecule has 1 aliphatic heterocycles. The molecule has 1 rings (SSSR count). The van der Waals surface area contributed by atoms with E-state index >= 15 is 0 Å². The molecule has 0 aromatic carbocycles. The van der Waals surface area contributed by atoms with Crippen LogP contribution in [0, 0.1) is 11.8 Å². The zero-order chi connectivity index (χ0) is 13.2. The molecule has 0 bridgehead atoms. The Morgan fingerprint density at radius 3 is 2.35 bits per heavy atom. The number of amides is 1. The van der Waals surface area contributed by atoms with E-state index in [1.165, 1.54) is 0 Å². The first-order valence-electron chi connectivity index (χ1n) is 5.96. The molecule has 5 heteroatoms. The minimum atomic E-state index is -0.809. The van der Waals surface area contributed by atoms with Crippen LogP contribution in [-0.2, 0) is 9.59 Å². The predicted molar refractivity (Wildman–Crippen MR) is 64.6 cm³/mol. The van der Waals surface area contributed by atoms with Gasteiger partial charge < -0.3 is 15.3 Å². The molecular weight excluding hydrogens is 220 g/mol. The van der Waals surface area contributed by atoms with Crippen LogP contribution in [0.25, 0.3) is 0 Å². The van der Waals surface area contributed by atoms with E-state index in [0.29, 0.717) is 13.1 Å². The van der Waals surface area contributed by atoms with Crippen LogP contribution in [0.5, 0.6) is 0 Å². The van der Waals surface area contributed by atoms with Crippen molar-refractivity contribution in [2.75, 3.05) is 19.6 Å². The quantitative estimate of drug-likeness (QED) is 0.758. The lowest BCUT2D eigenvalue weighted by Crippen LogP contribution is -2.44. The summed E-state index contributed by atoms with van der Waals surface area (Å²) in [5, 5.41) is 12.1. The van der Waals surface area contributed by atoms with Gasteiger partial charge in [-0.3, -0.25) is 9.59 Å². The van der Waals surface area contributed by atoms with Crippen LogP contribution in [0.2, 0.25) is 0 Å². The maximum atomic E-state index is 11.9. The number of hydrogen-bond acceptors (Lipinski definition) is 3. The number of hydrogen-bond donors (Lipinski definition) is 2. The summed E-state index contributed by atoms with van der Waals surface area (Å²) in [5.74, 6) is -1.22. The van der Waals surface area contributed by atoms with Crippen molar-refractivity contribution in [3.8, 4) is 0 Å². The van der Waals surface area contributed by atoms with E-state index in [-0.39, 0.29) is 23.9 Å². The first-order valence-corrected chi connectivity index (χ1v) is 5.96. The van der Waals surface area contributed by atoms with Gasteiger partial charge in [-0.15, -0.1) is 0 Å². The van der Waals surface area contributed by atoms with Crippen LogP contribution >= 0.6 is 0 Å². The maximum absolute atomic E-state index is 11.9. The van der Waals surface area contributed by atoms with E-state index in [4.69, 9.17) is 5.11 Å². The monoisotopic (exact) mass is 242 g/mol. The van der Waals surface area contributed by atoms with E-state index in [9.17, 15) is 9.59 Å². The fraction of sp³-hybridized carbons (Fsp3) is 0.833. The lowest BCUT2D eigenvalue weighted by Gasteiger charge is -2.23. The van der Waals surface area contributed by atoms with E-state index < -0.39 is 11.9 Å². The zero-order valence-corrected chi connectivity index (χ0v) is 11.0. The van der Waals surface area contributed by atoms with Crippen LogP contribution in [0.15, 0.2) is 0 Å². The standard InChI is InChI=1S/C12H22N2O3/c1-8-6-14(7-9(8)11(16)17)10(15)5-13-12(2,3)4/h8-9,13H,5-7H2,1-4H3,(H,16,17). The maximum Gasteiger partial charge on any atom is 0.308 e. The first-order chi connectivity index (χ1) is 7.70. The van der Waals surface area contributed by atoms with Gasteiger partial charge in [-0.1, -0.05) is 6.92 Å². The van der Waals surface area contributed by atoms with Gasteiger partial charge in [-0.25, -0.2) is 0 Å². The van der Waals surface area contributed by atoms with Crippen molar-refractivity contribution in [1.29, 1.82) is 0 Å². The summed E-state index contributed by atoms with van der Waals surface area (Å²) in [5.41, 5.74) is -0.104. The average Bonchev–Trinajstić information content (AvgIpc) is 2.55. The minimum absolute atomic E-state index is 0.0180. The van der Waals surface area contributed by atoms with Gasteiger partial charge in [0.15, 0.2) is 0 Å². The second kappa shape index (κ2) is 5.04. The molecule has 2 N–H and O–H groups in total. The van der Waals surface area contributed by atoms with Crippen LogP contribution in [-0.4, -0.2) is 47.1 Å². The van der Waals surface area contributed by atoms with Crippen LogP contribution in [0.3, 0.4) is 0 Å². The number of carbonyl (C=O) groups is 2. The summed E-state index contributed by atoms with van der Waals surface area (Å²) in [6, 6.07) is 0. The Hall–Kier alpha value is -1.10. The number of rotatable bonds is 3. The number of likely N-dealkylation sites (tertiary alicyclic amines) is 1. The molecule has 0 saturated carbocycles. The van der Waals surface area contributed by atoms with Crippen molar-refractivity contribution in [2.24, 2.45) is 11.8 Å². The lowest BCUT2D eigenvalue weighted by atomic mass is 9.99. The molecule has 1 saturated heterocycles. The molecule has 2 unspecified atom stereocenters. The number of nitrogens with zero attached hydrogens (tertiary/aromatic N) is 1. The van der Waals surface area contributed by atoms with Gasteiger partial charge in [0.05, 0.1) is 12.5 Å². The summed E-state index contributed by atoms with van der Waals surface area (Å²) >= 11 is 0. The molecule has 0 aromatic rings. The molecule has 0 radical (unpaired) electrons. The fourth-order valence-corrected chi connectivity index (χ4v) is 1.94. The highest BCUT2D eigenvalue weighted by Crippen LogP contribution is 2.23. The predicted octanol–water partition coefficient (Wildman–Crippen LogP) is 0.554. The topological polar surface area (TPSA) is 69.6 Å². The number of carboxylic acids is 1. The second-order valence-corrected chi connectivity index (χ2v) is 5.82. The Balaban J connectivity index is 2.48. The van der Waals surface area contributed by atoms with Gasteiger partial charge in [0.2, 0.25) is 5.91 Å². The molecule has 0 aliphatic carbocycles. The van der Waals surface area contributed by atoms with E-state index in [1.54, 1.807) is 4.90 Å². The van der Waals surface area contributed by atoms with Gasteiger partial charge in [0.1, 0.15) is 0 Å². The Bertz CT molecular complexity index is 309. The molecule has 5 nitrogen and oxygen atoms in total. The second-order valence-electron chi connectivity index (χ2n) is 5.82. The van der Waals surface area contributed by atoms with E-state index in [1.807, 2.05) is 27.7 Å². The highest BCUT2D eigenvalue weighted by atomic mass is 16.4. The van der Waals surface area contributed by atoms with Crippen molar-refractivity contribution in [1.82, 2.24) is 10.2 Å². The third kappa shape index (κ3) is 4.00. The summed E-state index contributed by atoms with van der Waals surface area (Å²) in [4.78, 5) is 24.5. The Kier molecular flexibility index (Phi) is 4.14. The number of aliphatic carboxylic acids is 1. The van der Waals surface area contributed by atoms with Crippen LogP contribution in [0.1, 0.15) is 27.7 Å². The lowest BCUT2D eigenvalue weighted by molar-refractivity contribution is -0.142. The third-order valence-corrected chi connectivity index (χ3v) is 3.05. The van der Waals surface area contributed by atoms with Gasteiger partial charge in [-0.05, 0) is 26.7 Å². The number of carbonyl (C=O) groups excluding carboxylic acids is 1. The molecule has 1 aliphatic rings. The van der Waals surface area contributed by atoms with Gasteiger partial charge in [0, 0.05) is 18.6 Å². The summed E-state index contributed by atoms with van der Waals surface area (Å²) in [6.45, 7) is 9.00. The molecule has 1 heterocycles. The molecule has 1 fully saturated rings. The van der Waals surface area contributed by atoms with E-state index in [0.717, 1.165) is 0 Å². The summed E-state index contributed by atoms with van der Waals surface area (Å²) in [7, 11) is 0. The number of carboxylic acid groups (broad SMARTS) is 1. The van der Waals surface area contributed by atoms with Crippen molar-refractivity contribution >= 4 is 11.9 Å². The van der Waals surface area contributed by atoms with Crippen molar-refractivity contribution in [3.05, 3.63) is 0 Å². The summed E-state index contributed by atoms with van der Waals surface area (Å²) < 4.78 is 0. The van der Waals surface area contributed by atoms with Gasteiger partial charge in [-0.2, -0.15) is 0 Å². The molecule has 1 amide bonds. The smallest absolute Gasteiger partial charge is 0.308 e. The first kappa shape index (κ1) is 14.0. The highest BCUT2D eigenvalue weighted by Gasteiger charge is 2.36. The Labute approximate surface area is 102 Å². The van der Waals surface area contributed by atoms with Crippen molar-refractivity contribution in [2.45, 2.75) is 33.2 Å². The van der Waals surface area contributed by atoms with E-state index in [2.05, 4.69) is 5.32 Å². The van der Waals surface area contributed by atoms with Crippen molar-refractivity contribution in [3.63, 3.8) is 0 Å². The van der Waals surface area contributed by atoms with Crippen LogP contribution < -0.4 is 5.32 Å². The highest BCUT2D eigenvalue weighted by molar-refractivity contribution is 5.80. The zero-order valence-electron chi connectivity index (χ0n) is 11.0. The molecule has 98 valence electrons. The van der Waals surface area contributed by atoms with Crippen LogP contribution in [0.4, 0.5) is 0 Å². The average molecular weight is 242 g/mol. The Morgan fingerprint density at radius 2 is 1.94 bits per heavy atom. The fourth-order valence-electron chi connectivity index (χ4n) is 1.94. The molecule has 2 atom stereocenters. The number of nitrogens with one attached hydrogen (secondary N) is 1. The molecule has 0 spiro atoms. The normalized spacial score (nSPS) is 25.1. The molecule has 0 aromatic heterocycles. The Morgan fingerprint density at radius 1 is 1.35 bits per heavy atom. The largest absolute Gasteiger partial charge is 0.481 e. The van der Waals surface area contributed by atoms with Gasteiger partial charge >= 0.3 is 5.97 Å². The molecule has 17 heavy (non-hydrogen) atoms. The SMILES string of the molecule is CC1CN(C(=O)CNC(C)(C)C)CC1C(=O)O. The minimum Gasteiger partial charge on any atom is -0.481 e.